The van der Waals surface area contributed by atoms with Gasteiger partial charge in [-0.3, -0.25) is 4.40 Å². The van der Waals surface area contributed by atoms with Crippen LogP contribution in [0.3, 0.4) is 0 Å². The quantitative estimate of drug-likeness (QED) is 0.252. The van der Waals surface area contributed by atoms with Crippen LogP contribution in [0.25, 0.3) is 38.6 Å². The molecule has 2 heterocycles. The molecule has 34 heavy (non-hydrogen) atoms. The normalized spacial score (nSPS) is 12.4. The Balaban J connectivity index is 2.11. The molecule has 0 aliphatic rings. The maximum atomic E-state index is 5.30. The second-order valence-corrected chi connectivity index (χ2v) is 11.0. The number of aromatic nitrogens is 2. The summed E-state index contributed by atoms with van der Waals surface area (Å²) >= 11 is 0. The van der Waals surface area contributed by atoms with Crippen molar-refractivity contribution >= 4 is 27.3 Å². The largest absolute Gasteiger partial charge is 0.291 e. The van der Waals surface area contributed by atoms with Crippen molar-refractivity contribution in [3.8, 4) is 11.3 Å². The molecule has 5 aromatic rings. The van der Waals surface area contributed by atoms with Crippen molar-refractivity contribution < 1.29 is 0 Å². The zero-order valence-electron chi connectivity index (χ0n) is 22.1. The minimum Gasteiger partial charge on any atom is -0.291 e. The molecule has 0 aliphatic heterocycles. The number of benzene rings is 3. The highest BCUT2D eigenvalue weighted by Gasteiger charge is 2.26. The van der Waals surface area contributed by atoms with Crippen LogP contribution in [0.5, 0.6) is 0 Å². The van der Waals surface area contributed by atoms with Gasteiger partial charge < -0.3 is 0 Å². The highest BCUT2D eigenvalue weighted by Crippen LogP contribution is 2.42. The number of hydrogen-bond acceptors (Lipinski definition) is 1. The average molecular weight is 449 g/mol. The van der Waals surface area contributed by atoms with Crippen LogP contribution in [0.15, 0.2) is 42.5 Å². The molecule has 0 spiro atoms. The first-order valence-electron chi connectivity index (χ1n) is 12.5. The third-order valence-corrected chi connectivity index (χ3v) is 7.77. The summed E-state index contributed by atoms with van der Waals surface area (Å²) in [5.74, 6) is 0. The molecule has 0 unspecified atom stereocenters. The molecule has 0 atom stereocenters. The summed E-state index contributed by atoms with van der Waals surface area (Å²) in [5.41, 5.74) is 13.9. The van der Waals surface area contributed by atoms with Crippen molar-refractivity contribution in [2.24, 2.45) is 0 Å². The van der Waals surface area contributed by atoms with Crippen molar-refractivity contribution in [2.75, 3.05) is 0 Å². The topological polar surface area (TPSA) is 17.3 Å². The first-order chi connectivity index (χ1) is 16.0. The van der Waals surface area contributed by atoms with E-state index in [0.29, 0.717) is 0 Å². The van der Waals surface area contributed by atoms with Crippen LogP contribution >= 0.6 is 0 Å². The molecule has 2 heteroatoms. The Hall–Kier alpha value is -3.13. The van der Waals surface area contributed by atoms with E-state index in [1.807, 2.05) is 0 Å². The molecule has 5 rings (SSSR count). The van der Waals surface area contributed by atoms with Crippen molar-refractivity contribution in [1.29, 1.82) is 0 Å². The Morgan fingerprint density at radius 2 is 1.38 bits per heavy atom. The van der Waals surface area contributed by atoms with Gasteiger partial charge in [0.15, 0.2) is 0 Å². The van der Waals surface area contributed by atoms with Gasteiger partial charge in [0.1, 0.15) is 5.65 Å². The van der Waals surface area contributed by atoms with Gasteiger partial charge in [0.25, 0.3) is 0 Å². The van der Waals surface area contributed by atoms with Gasteiger partial charge in [-0.25, -0.2) is 4.98 Å². The lowest BCUT2D eigenvalue weighted by atomic mass is 9.78. The molecule has 0 saturated heterocycles. The summed E-state index contributed by atoms with van der Waals surface area (Å²) in [7, 11) is 0. The molecule has 0 radical (unpaired) electrons. The zero-order valence-corrected chi connectivity index (χ0v) is 22.1. The molecule has 0 aliphatic carbocycles. The number of imidazole rings is 1. The maximum absolute atomic E-state index is 5.30. The predicted octanol–water partition coefficient (Wildman–Crippen LogP) is 8.85. The van der Waals surface area contributed by atoms with Crippen LogP contribution in [0.4, 0.5) is 0 Å². The van der Waals surface area contributed by atoms with E-state index in [2.05, 4.69) is 109 Å². The highest BCUT2D eigenvalue weighted by molar-refractivity contribution is 6.14. The van der Waals surface area contributed by atoms with Gasteiger partial charge in [-0.2, -0.15) is 0 Å². The van der Waals surface area contributed by atoms with Gasteiger partial charge in [-0.15, -0.1) is 0 Å². The number of rotatable bonds is 3. The average Bonchev–Trinajstić information content (AvgIpc) is 3.09. The third kappa shape index (κ3) is 3.27. The molecule has 0 N–H and O–H groups in total. The van der Waals surface area contributed by atoms with E-state index in [0.717, 1.165) is 17.8 Å². The van der Waals surface area contributed by atoms with E-state index in [1.54, 1.807) is 0 Å². The number of nitrogens with zero attached hydrogens (tertiary/aromatic N) is 2. The van der Waals surface area contributed by atoms with Gasteiger partial charge in [0.2, 0.25) is 0 Å². The van der Waals surface area contributed by atoms with Gasteiger partial charge in [0, 0.05) is 16.3 Å². The summed E-state index contributed by atoms with van der Waals surface area (Å²) in [6.07, 6.45) is 1.08. The van der Waals surface area contributed by atoms with E-state index in [4.69, 9.17) is 4.98 Å². The fourth-order valence-corrected chi connectivity index (χ4v) is 5.80. The molecular weight excluding hydrogens is 412 g/mol. The third-order valence-electron chi connectivity index (χ3n) is 7.77. The molecule has 0 saturated carbocycles. The Kier molecular flexibility index (Phi) is 5.13. The Labute approximate surface area is 203 Å². The first-order valence-corrected chi connectivity index (χ1v) is 12.5. The number of fused-ring (bicyclic) bond motifs is 6. The van der Waals surface area contributed by atoms with E-state index in [9.17, 15) is 0 Å². The molecule has 174 valence electrons. The van der Waals surface area contributed by atoms with E-state index in [-0.39, 0.29) is 5.41 Å². The monoisotopic (exact) mass is 448 g/mol. The molecule has 2 nitrogen and oxygen atoms in total. The van der Waals surface area contributed by atoms with Crippen LogP contribution in [0.1, 0.15) is 66.3 Å². The minimum absolute atomic E-state index is 0.0535. The Morgan fingerprint density at radius 1 is 0.765 bits per heavy atom. The van der Waals surface area contributed by atoms with Gasteiger partial charge >= 0.3 is 0 Å². The molecule has 2 aromatic heterocycles. The van der Waals surface area contributed by atoms with Crippen molar-refractivity contribution in [3.05, 3.63) is 81.5 Å². The second kappa shape index (κ2) is 7.70. The fraction of sp³-hybridized carbons (Fsp3) is 0.344. The number of aryl methyl sites for hydroxylation is 6. The van der Waals surface area contributed by atoms with Crippen LogP contribution in [-0.2, 0) is 5.41 Å². The SMILES string of the molecule is CCC(C)(C)c1cc(C)cc2c3cc(C)ccc3n3c(-c4c(C)cc(C)cc4C)c(C)nc3c12. The van der Waals surface area contributed by atoms with E-state index in [1.165, 1.54) is 66.3 Å². The van der Waals surface area contributed by atoms with Gasteiger partial charge in [0.05, 0.1) is 16.9 Å². The van der Waals surface area contributed by atoms with Crippen molar-refractivity contribution in [2.45, 2.75) is 74.1 Å². The standard InChI is InChI=1S/C32H36N2/c1-10-32(8,9)26-17-20(4)16-25-24-15-18(2)11-12-27(24)34-30(23(7)33-31(34)29(25)26)28-21(5)13-19(3)14-22(28)6/h11-17H,10H2,1-9H3. The highest BCUT2D eigenvalue weighted by atomic mass is 15.0. The summed E-state index contributed by atoms with van der Waals surface area (Å²) in [6.45, 7) is 20.2. The van der Waals surface area contributed by atoms with Crippen LogP contribution in [-0.4, -0.2) is 9.38 Å². The summed E-state index contributed by atoms with van der Waals surface area (Å²) in [4.78, 5) is 5.30. The van der Waals surface area contributed by atoms with Crippen LogP contribution in [0, 0.1) is 41.5 Å². The van der Waals surface area contributed by atoms with Gasteiger partial charge in [-0.05, 0) is 87.6 Å². The molecular formula is C32H36N2. The van der Waals surface area contributed by atoms with Crippen molar-refractivity contribution in [1.82, 2.24) is 9.38 Å². The van der Waals surface area contributed by atoms with Crippen LogP contribution < -0.4 is 0 Å². The first kappa shape index (κ1) is 22.7. The summed E-state index contributed by atoms with van der Waals surface area (Å²) < 4.78 is 2.45. The van der Waals surface area contributed by atoms with E-state index >= 15 is 0 Å². The van der Waals surface area contributed by atoms with Crippen LogP contribution in [0.2, 0.25) is 0 Å². The molecule has 3 aromatic carbocycles. The lowest BCUT2D eigenvalue weighted by Crippen LogP contribution is -2.17. The number of hydrogen-bond donors (Lipinski definition) is 0. The van der Waals surface area contributed by atoms with Gasteiger partial charge in [-0.1, -0.05) is 67.8 Å². The maximum Gasteiger partial charge on any atom is 0.146 e. The van der Waals surface area contributed by atoms with Crippen molar-refractivity contribution in [3.63, 3.8) is 0 Å². The zero-order chi connectivity index (χ0) is 24.5. The molecule has 0 bridgehead atoms. The van der Waals surface area contributed by atoms with E-state index < -0.39 is 0 Å². The fourth-order valence-electron chi connectivity index (χ4n) is 5.80. The minimum atomic E-state index is 0.0535. The number of pyridine rings is 1. The predicted molar refractivity (Wildman–Crippen MR) is 147 cm³/mol. The molecule has 0 amide bonds. The Morgan fingerprint density at radius 3 is 2.03 bits per heavy atom. The molecule has 0 fully saturated rings. The second-order valence-electron chi connectivity index (χ2n) is 11.0. The summed E-state index contributed by atoms with van der Waals surface area (Å²) in [5, 5.41) is 3.92. The summed E-state index contributed by atoms with van der Waals surface area (Å²) in [6, 6.07) is 16.2. The Bertz CT molecular complexity index is 1590. The smallest absolute Gasteiger partial charge is 0.146 e. The lowest BCUT2D eigenvalue weighted by Gasteiger charge is -2.27. The lowest BCUT2D eigenvalue weighted by molar-refractivity contribution is 0.510.